The van der Waals surface area contributed by atoms with Gasteiger partial charge in [0.1, 0.15) is 0 Å². The standard InChI is InChI=1S/C11H14N2/c1-2-8-3-4-9-10(12)5-6-13-11(9)7-8/h2-4,7,10,13H,1,5-6,12H2/t10-/m1/s1. The van der Waals surface area contributed by atoms with E-state index >= 15 is 0 Å². The predicted octanol–water partition coefficient (Wildman–Crippen LogP) is 2.14. The molecule has 0 radical (unpaired) electrons. The molecule has 0 spiro atoms. The lowest BCUT2D eigenvalue weighted by atomic mass is 9.97. The Morgan fingerprint density at radius 1 is 1.54 bits per heavy atom. The van der Waals surface area contributed by atoms with Crippen molar-refractivity contribution >= 4 is 11.8 Å². The highest BCUT2D eigenvalue weighted by atomic mass is 14.9. The molecule has 1 aromatic carbocycles. The van der Waals surface area contributed by atoms with Crippen LogP contribution in [-0.2, 0) is 0 Å². The maximum Gasteiger partial charge on any atom is 0.0394 e. The van der Waals surface area contributed by atoms with E-state index in [0.29, 0.717) is 0 Å². The zero-order chi connectivity index (χ0) is 9.26. The molecule has 2 rings (SSSR count). The van der Waals surface area contributed by atoms with Gasteiger partial charge in [0.05, 0.1) is 0 Å². The van der Waals surface area contributed by atoms with Gasteiger partial charge in [0.25, 0.3) is 0 Å². The van der Waals surface area contributed by atoms with Gasteiger partial charge in [-0.05, 0) is 23.6 Å². The van der Waals surface area contributed by atoms with Crippen LogP contribution in [0.25, 0.3) is 6.08 Å². The molecule has 0 saturated carbocycles. The van der Waals surface area contributed by atoms with Crippen LogP contribution in [0.5, 0.6) is 0 Å². The van der Waals surface area contributed by atoms with E-state index in [-0.39, 0.29) is 6.04 Å². The molecule has 0 saturated heterocycles. The molecule has 1 aliphatic rings. The normalized spacial score (nSPS) is 20.2. The zero-order valence-electron chi connectivity index (χ0n) is 7.59. The zero-order valence-corrected chi connectivity index (χ0v) is 7.59. The second kappa shape index (κ2) is 3.23. The third-order valence-corrected chi connectivity index (χ3v) is 2.48. The molecule has 1 heterocycles. The van der Waals surface area contributed by atoms with Gasteiger partial charge in [0, 0.05) is 18.3 Å². The fourth-order valence-electron chi connectivity index (χ4n) is 1.70. The summed E-state index contributed by atoms with van der Waals surface area (Å²) in [7, 11) is 0. The van der Waals surface area contributed by atoms with E-state index in [0.717, 1.165) is 24.2 Å². The van der Waals surface area contributed by atoms with Gasteiger partial charge in [-0.3, -0.25) is 0 Å². The number of hydrogen-bond acceptors (Lipinski definition) is 2. The summed E-state index contributed by atoms with van der Waals surface area (Å²) in [5.74, 6) is 0. The quantitative estimate of drug-likeness (QED) is 0.684. The molecular weight excluding hydrogens is 160 g/mol. The maximum atomic E-state index is 5.97. The van der Waals surface area contributed by atoms with Crippen molar-refractivity contribution in [2.24, 2.45) is 5.73 Å². The van der Waals surface area contributed by atoms with Crippen molar-refractivity contribution in [2.45, 2.75) is 12.5 Å². The van der Waals surface area contributed by atoms with Gasteiger partial charge in [-0.2, -0.15) is 0 Å². The van der Waals surface area contributed by atoms with Gasteiger partial charge in [0.15, 0.2) is 0 Å². The molecule has 13 heavy (non-hydrogen) atoms. The average Bonchev–Trinajstić information content (AvgIpc) is 2.18. The van der Waals surface area contributed by atoms with Gasteiger partial charge >= 0.3 is 0 Å². The van der Waals surface area contributed by atoms with E-state index in [9.17, 15) is 0 Å². The minimum absolute atomic E-state index is 0.190. The van der Waals surface area contributed by atoms with Crippen LogP contribution < -0.4 is 11.1 Å². The topological polar surface area (TPSA) is 38.0 Å². The number of nitrogens with two attached hydrogens (primary N) is 1. The van der Waals surface area contributed by atoms with Crippen molar-refractivity contribution in [2.75, 3.05) is 11.9 Å². The summed E-state index contributed by atoms with van der Waals surface area (Å²) in [5.41, 5.74) is 9.49. The molecule has 2 nitrogen and oxygen atoms in total. The Morgan fingerprint density at radius 3 is 3.15 bits per heavy atom. The van der Waals surface area contributed by atoms with E-state index < -0.39 is 0 Å². The smallest absolute Gasteiger partial charge is 0.0394 e. The van der Waals surface area contributed by atoms with Gasteiger partial charge in [0.2, 0.25) is 0 Å². The number of rotatable bonds is 1. The number of benzene rings is 1. The van der Waals surface area contributed by atoms with Gasteiger partial charge in [-0.25, -0.2) is 0 Å². The highest BCUT2D eigenvalue weighted by Crippen LogP contribution is 2.28. The second-order valence-electron chi connectivity index (χ2n) is 3.37. The number of anilines is 1. The molecule has 1 aromatic rings. The van der Waals surface area contributed by atoms with Crippen molar-refractivity contribution in [1.29, 1.82) is 0 Å². The molecule has 1 aliphatic heterocycles. The van der Waals surface area contributed by atoms with E-state index in [2.05, 4.69) is 30.1 Å². The Kier molecular flexibility index (Phi) is 2.07. The third kappa shape index (κ3) is 1.45. The van der Waals surface area contributed by atoms with Crippen molar-refractivity contribution < 1.29 is 0 Å². The number of hydrogen-bond donors (Lipinski definition) is 2. The third-order valence-electron chi connectivity index (χ3n) is 2.48. The van der Waals surface area contributed by atoms with Gasteiger partial charge in [-0.15, -0.1) is 0 Å². The first kappa shape index (κ1) is 8.32. The lowest BCUT2D eigenvalue weighted by molar-refractivity contribution is 0.655. The summed E-state index contributed by atoms with van der Waals surface area (Å²) >= 11 is 0. The summed E-state index contributed by atoms with van der Waals surface area (Å²) in [6, 6.07) is 6.43. The highest BCUT2D eigenvalue weighted by Gasteiger charge is 2.15. The summed E-state index contributed by atoms with van der Waals surface area (Å²) in [6.45, 7) is 4.71. The fourth-order valence-corrected chi connectivity index (χ4v) is 1.70. The highest BCUT2D eigenvalue weighted by molar-refractivity contribution is 5.62. The Hall–Kier alpha value is -1.28. The average molecular weight is 174 g/mol. The molecular formula is C11H14N2. The first-order valence-corrected chi connectivity index (χ1v) is 4.57. The molecule has 2 heteroatoms. The Morgan fingerprint density at radius 2 is 2.38 bits per heavy atom. The van der Waals surface area contributed by atoms with Crippen LogP contribution in [0, 0.1) is 0 Å². The Balaban J connectivity index is 2.45. The second-order valence-corrected chi connectivity index (χ2v) is 3.37. The molecule has 3 N–H and O–H groups in total. The van der Waals surface area contributed by atoms with E-state index in [4.69, 9.17) is 5.73 Å². The summed E-state index contributed by atoms with van der Waals surface area (Å²) in [6.07, 6.45) is 2.86. The molecule has 0 bridgehead atoms. The van der Waals surface area contributed by atoms with E-state index in [1.165, 1.54) is 5.56 Å². The van der Waals surface area contributed by atoms with Gasteiger partial charge in [-0.1, -0.05) is 24.8 Å². The monoisotopic (exact) mass is 174 g/mol. The van der Waals surface area contributed by atoms with Crippen molar-refractivity contribution in [3.05, 3.63) is 35.9 Å². The van der Waals surface area contributed by atoms with E-state index in [1.807, 2.05) is 6.08 Å². The maximum absolute atomic E-state index is 5.97. The Bertz CT molecular complexity index is 331. The van der Waals surface area contributed by atoms with Crippen molar-refractivity contribution in [3.63, 3.8) is 0 Å². The van der Waals surface area contributed by atoms with Crippen molar-refractivity contribution in [1.82, 2.24) is 0 Å². The molecule has 0 amide bonds. The SMILES string of the molecule is C=Cc1ccc2c(c1)NCC[C@H]2N. The largest absolute Gasteiger partial charge is 0.385 e. The minimum atomic E-state index is 0.190. The molecule has 1 atom stereocenters. The molecule has 0 unspecified atom stereocenters. The minimum Gasteiger partial charge on any atom is -0.385 e. The number of fused-ring (bicyclic) bond motifs is 1. The summed E-state index contributed by atoms with van der Waals surface area (Å²) in [4.78, 5) is 0. The summed E-state index contributed by atoms with van der Waals surface area (Å²) in [5, 5.41) is 3.34. The van der Waals surface area contributed by atoms with Crippen LogP contribution >= 0.6 is 0 Å². The molecule has 0 fully saturated rings. The lowest BCUT2D eigenvalue weighted by Crippen LogP contribution is -2.22. The van der Waals surface area contributed by atoms with E-state index in [1.54, 1.807) is 0 Å². The van der Waals surface area contributed by atoms with Crippen LogP contribution in [0.3, 0.4) is 0 Å². The molecule has 0 aliphatic carbocycles. The first-order valence-electron chi connectivity index (χ1n) is 4.57. The van der Waals surface area contributed by atoms with Crippen LogP contribution in [0.4, 0.5) is 5.69 Å². The van der Waals surface area contributed by atoms with Crippen LogP contribution in [0.1, 0.15) is 23.6 Å². The van der Waals surface area contributed by atoms with Crippen LogP contribution in [-0.4, -0.2) is 6.54 Å². The Labute approximate surface area is 78.5 Å². The molecule has 0 aromatic heterocycles. The van der Waals surface area contributed by atoms with Crippen molar-refractivity contribution in [3.8, 4) is 0 Å². The predicted molar refractivity (Wildman–Crippen MR) is 56.6 cm³/mol. The van der Waals surface area contributed by atoms with Crippen LogP contribution in [0.15, 0.2) is 24.8 Å². The van der Waals surface area contributed by atoms with Crippen LogP contribution in [0.2, 0.25) is 0 Å². The first-order chi connectivity index (χ1) is 6.31. The fraction of sp³-hybridized carbons (Fsp3) is 0.273. The molecule has 68 valence electrons. The van der Waals surface area contributed by atoms with Gasteiger partial charge < -0.3 is 11.1 Å². The number of nitrogens with one attached hydrogen (secondary N) is 1. The summed E-state index contributed by atoms with van der Waals surface area (Å²) < 4.78 is 0. The lowest BCUT2D eigenvalue weighted by Gasteiger charge is -2.23.